The lowest BCUT2D eigenvalue weighted by Crippen LogP contribution is -2.36. The Morgan fingerprint density at radius 1 is 0.944 bits per heavy atom. The highest BCUT2D eigenvalue weighted by Gasteiger charge is 2.18. The average Bonchev–Trinajstić information content (AvgIpc) is 3.25. The van der Waals surface area contributed by atoms with Gasteiger partial charge in [-0.1, -0.05) is 48.5 Å². The standard InChI is InChI=1S/C30H25N3O3/c1-19(11-12-20-7-3-2-4-8-20)32-27(34)18-36-21-13-14-26-25(17-21)23-15-16-31-28-22-9-5-6-10-24(22)30(35)33(26)29(23)28/h2-10,13-17,19H,11-12,18H2,1H3,(H,32,34)/t19-/m1/s1. The number of rotatable bonds is 7. The van der Waals surface area contributed by atoms with E-state index in [9.17, 15) is 9.59 Å². The third-order valence-corrected chi connectivity index (χ3v) is 6.75. The van der Waals surface area contributed by atoms with Crippen LogP contribution in [0.4, 0.5) is 0 Å². The van der Waals surface area contributed by atoms with Gasteiger partial charge in [0, 0.05) is 33.8 Å². The topological polar surface area (TPSA) is 72.7 Å². The Balaban J connectivity index is 1.24. The van der Waals surface area contributed by atoms with Gasteiger partial charge in [0.25, 0.3) is 11.5 Å². The van der Waals surface area contributed by atoms with Gasteiger partial charge in [-0.2, -0.15) is 0 Å². The maximum absolute atomic E-state index is 13.4. The van der Waals surface area contributed by atoms with E-state index in [0.717, 1.165) is 45.6 Å². The number of fused-ring (bicyclic) bond motifs is 5. The number of ether oxygens (including phenoxy) is 1. The largest absolute Gasteiger partial charge is 0.484 e. The number of nitrogens with zero attached hydrogens (tertiary/aromatic N) is 2. The maximum atomic E-state index is 13.4. The van der Waals surface area contributed by atoms with E-state index in [1.807, 2.05) is 67.6 Å². The van der Waals surface area contributed by atoms with Crippen LogP contribution in [0.3, 0.4) is 0 Å². The highest BCUT2D eigenvalue weighted by molar-refractivity contribution is 6.18. The normalized spacial score (nSPS) is 12.5. The van der Waals surface area contributed by atoms with Crippen molar-refractivity contribution in [2.24, 2.45) is 0 Å². The number of benzene rings is 3. The van der Waals surface area contributed by atoms with Gasteiger partial charge in [-0.25, -0.2) is 0 Å². The second-order valence-electron chi connectivity index (χ2n) is 9.20. The van der Waals surface area contributed by atoms with Crippen LogP contribution in [0.5, 0.6) is 5.75 Å². The van der Waals surface area contributed by atoms with Gasteiger partial charge in [-0.3, -0.25) is 19.0 Å². The number of carbonyl (C=O) groups is 1. The van der Waals surface area contributed by atoms with Crippen LogP contribution in [-0.2, 0) is 11.2 Å². The summed E-state index contributed by atoms with van der Waals surface area (Å²) in [7, 11) is 0. The molecule has 3 aromatic carbocycles. The highest BCUT2D eigenvalue weighted by atomic mass is 16.5. The van der Waals surface area contributed by atoms with Crippen molar-refractivity contribution >= 4 is 44.0 Å². The van der Waals surface area contributed by atoms with E-state index in [1.54, 1.807) is 16.7 Å². The molecule has 0 aliphatic rings. The fraction of sp³-hybridized carbons (Fsp3) is 0.167. The van der Waals surface area contributed by atoms with Crippen molar-refractivity contribution in [1.82, 2.24) is 14.7 Å². The molecule has 1 amide bonds. The van der Waals surface area contributed by atoms with Crippen molar-refractivity contribution in [2.75, 3.05) is 6.61 Å². The molecule has 178 valence electrons. The third kappa shape index (κ3) is 3.81. The molecule has 6 nitrogen and oxygen atoms in total. The van der Waals surface area contributed by atoms with E-state index in [4.69, 9.17) is 4.74 Å². The first kappa shape index (κ1) is 22.0. The number of amides is 1. The van der Waals surface area contributed by atoms with Crippen LogP contribution >= 0.6 is 0 Å². The second-order valence-corrected chi connectivity index (χ2v) is 9.20. The summed E-state index contributed by atoms with van der Waals surface area (Å²) in [5.41, 5.74) is 3.59. The molecule has 0 aliphatic carbocycles. The lowest BCUT2D eigenvalue weighted by molar-refractivity contribution is -0.123. The second kappa shape index (κ2) is 8.96. The predicted octanol–water partition coefficient (Wildman–Crippen LogP) is 5.11. The molecule has 0 radical (unpaired) electrons. The summed E-state index contributed by atoms with van der Waals surface area (Å²) < 4.78 is 7.58. The van der Waals surface area contributed by atoms with Gasteiger partial charge in [0.2, 0.25) is 0 Å². The average molecular weight is 476 g/mol. The lowest BCUT2D eigenvalue weighted by Gasteiger charge is -2.14. The summed E-state index contributed by atoms with van der Waals surface area (Å²) >= 11 is 0. The molecule has 6 heteroatoms. The van der Waals surface area contributed by atoms with Crippen LogP contribution in [0.2, 0.25) is 0 Å². The van der Waals surface area contributed by atoms with Crippen molar-refractivity contribution in [3.05, 3.63) is 101 Å². The minimum atomic E-state index is -0.159. The molecule has 0 saturated carbocycles. The molecule has 3 aromatic heterocycles. The minimum absolute atomic E-state index is 0.0435. The number of aromatic nitrogens is 2. The predicted molar refractivity (Wildman–Crippen MR) is 143 cm³/mol. The molecule has 1 N–H and O–H groups in total. The first-order chi connectivity index (χ1) is 17.6. The quantitative estimate of drug-likeness (QED) is 0.326. The number of nitrogens with one attached hydrogen (secondary N) is 1. The van der Waals surface area contributed by atoms with Crippen molar-refractivity contribution in [3.63, 3.8) is 0 Å². The Morgan fingerprint density at radius 2 is 1.72 bits per heavy atom. The molecule has 6 rings (SSSR count). The first-order valence-corrected chi connectivity index (χ1v) is 12.1. The Morgan fingerprint density at radius 3 is 2.56 bits per heavy atom. The summed E-state index contributed by atoms with van der Waals surface area (Å²) in [6.45, 7) is 1.93. The van der Waals surface area contributed by atoms with Crippen LogP contribution < -0.4 is 15.6 Å². The van der Waals surface area contributed by atoms with E-state index in [0.29, 0.717) is 11.1 Å². The zero-order valence-corrected chi connectivity index (χ0v) is 19.9. The van der Waals surface area contributed by atoms with E-state index in [2.05, 4.69) is 22.4 Å². The van der Waals surface area contributed by atoms with Crippen molar-refractivity contribution < 1.29 is 9.53 Å². The molecule has 3 heterocycles. The Labute approximate surface area is 207 Å². The van der Waals surface area contributed by atoms with Crippen molar-refractivity contribution in [1.29, 1.82) is 0 Å². The molecule has 1 atom stereocenters. The van der Waals surface area contributed by atoms with Crippen LogP contribution in [0.25, 0.3) is 38.1 Å². The summed E-state index contributed by atoms with van der Waals surface area (Å²) in [4.78, 5) is 30.5. The maximum Gasteiger partial charge on any atom is 0.263 e. The van der Waals surface area contributed by atoms with E-state index in [1.165, 1.54) is 5.56 Å². The number of carbonyl (C=O) groups excluding carboxylic acids is 1. The molecule has 0 bridgehead atoms. The highest BCUT2D eigenvalue weighted by Crippen LogP contribution is 2.34. The smallest absolute Gasteiger partial charge is 0.263 e. The Kier molecular flexibility index (Phi) is 5.49. The summed E-state index contributed by atoms with van der Waals surface area (Å²) in [5.74, 6) is 0.421. The molecule has 0 spiro atoms. The molecular formula is C30H25N3O3. The van der Waals surface area contributed by atoms with Crippen LogP contribution in [0.1, 0.15) is 18.9 Å². The molecule has 36 heavy (non-hydrogen) atoms. The molecule has 0 saturated heterocycles. The van der Waals surface area contributed by atoms with Crippen LogP contribution in [0, 0.1) is 0 Å². The molecular weight excluding hydrogens is 450 g/mol. The van der Waals surface area contributed by atoms with E-state index >= 15 is 0 Å². The number of pyridine rings is 2. The van der Waals surface area contributed by atoms with Gasteiger partial charge in [-0.15, -0.1) is 0 Å². The SMILES string of the molecule is C[C@H](CCc1ccccc1)NC(=O)COc1ccc2c(c1)c1ccnc3c4ccccc4c(=O)n2c13. The van der Waals surface area contributed by atoms with E-state index in [-0.39, 0.29) is 24.1 Å². The fourth-order valence-corrected chi connectivity index (χ4v) is 5.00. The van der Waals surface area contributed by atoms with Crippen LogP contribution in [0.15, 0.2) is 89.9 Å². The molecule has 6 aromatic rings. The van der Waals surface area contributed by atoms with Gasteiger partial charge in [0.05, 0.1) is 16.6 Å². The molecule has 0 aliphatic heterocycles. The summed E-state index contributed by atoms with van der Waals surface area (Å²) in [6, 6.07) is 25.3. The van der Waals surface area contributed by atoms with Gasteiger partial charge < -0.3 is 10.1 Å². The molecule has 0 unspecified atom stereocenters. The minimum Gasteiger partial charge on any atom is -0.484 e. The van der Waals surface area contributed by atoms with E-state index < -0.39 is 0 Å². The monoisotopic (exact) mass is 475 g/mol. The first-order valence-electron chi connectivity index (χ1n) is 12.1. The summed E-state index contributed by atoms with van der Waals surface area (Å²) in [6.07, 6.45) is 3.53. The van der Waals surface area contributed by atoms with Gasteiger partial charge in [0.15, 0.2) is 6.61 Å². The zero-order valence-electron chi connectivity index (χ0n) is 19.9. The third-order valence-electron chi connectivity index (χ3n) is 6.75. The number of aryl methyl sites for hydroxylation is 1. The van der Waals surface area contributed by atoms with Gasteiger partial charge >= 0.3 is 0 Å². The van der Waals surface area contributed by atoms with Gasteiger partial charge in [0.1, 0.15) is 5.75 Å². The fourth-order valence-electron chi connectivity index (χ4n) is 5.00. The lowest BCUT2D eigenvalue weighted by atomic mass is 10.1. The zero-order chi connectivity index (χ0) is 24.6. The van der Waals surface area contributed by atoms with Crippen LogP contribution in [-0.4, -0.2) is 27.9 Å². The number of hydrogen-bond donors (Lipinski definition) is 1. The number of hydrogen-bond acceptors (Lipinski definition) is 4. The van der Waals surface area contributed by atoms with Crippen molar-refractivity contribution in [2.45, 2.75) is 25.8 Å². The Bertz CT molecular complexity index is 1780. The molecule has 0 fully saturated rings. The summed E-state index contributed by atoms with van der Waals surface area (Å²) in [5, 5.41) is 6.32. The van der Waals surface area contributed by atoms with Crippen molar-refractivity contribution in [3.8, 4) is 5.75 Å². The Hall–Kier alpha value is -4.45. The van der Waals surface area contributed by atoms with Gasteiger partial charge in [-0.05, 0) is 55.7 Å².